The second-order valence-electron chi connectivity index (χ2n) is 5.38. The minimum Gasteiger partial charge on any atom is -0.310 e. The highest BCUT2D eigenvalue weighted by Gasteiger charge is 2.24. The van der Waals surface area contributed by atoms with Gasteiger partial charge in [-0.2, -0.15) is 4.31 Å². The summed E-state index contributed by atoms with van der Waals surface area (Å²) in [4.78, 5) is 0.384. The van der Waals surface area contributed by atoms with Crippen LogP contribution < -0.4 is 5.32 Å². The molecular weight excluding hydrogens is 284 g/mol. The van der Waals surface area contributed by atoms with E-state index in [4.69, 9.17) is 0 Å². The van der Waals surface area contributed by atoms with Crippen molar-refractivity contribution in [2.75, 3.05) is 13.1 Å². The third kappa shape index (κ3) is 4.66. The number of aryl methyl sites for hydroxylation is 1. The quantitative estimate of drug-likeness (QED) is 0.751. The van der Waals surface area contributed by atoms with Crippen LogP contribution in [0.15, 0.2) is 35.7 Å². The lowest BCUT2D eigenvalue weighted by atomic mass is 10.1. The Morgan fingerprint density at radius 3 is 2.57 bits per heavy atom. The number of benzene rings is 1. The molecule has 0 radical (unpaired) electrons. The molecule has 0 amide bonds. The van der Waals surface area contributed by atoms with Crippen LogP contribution in [0, 0.1) is 6.92 Å². The van der Waals surface area contributed by atoms with Crippen LogP contribution in [0.25, 0.3) is 0 Å². The first kappa shape index (κ1) is 17.9. The highest BCUT2D eigenvalue weighted by Crippen LogP contribution is 2.21. The average Bonchev–Trinajstić information content (AvgIpc) is 2.43. The fourth-order valence-corrected chi connectivity index (χ4v) is 3.73. The summed E-state index contributed by atoms with van der Waals surface area (Å²) in [5.74, 6) is 0. The van der Waals surface area contributed by atoms with Crippen molar-refractivity contribution in [1.82, 2.24) is 9.62 Å². The molecule has 0 saturated heterocycles. The maximum Gasteiger partial charge on any atom is 0.243 e. The zero-order valence-corrected chi connectivity index (χ0v) is 14.2. The molecule has 0 fully saturated rings. The van der Waals surface area contributed by atoms with Gasteiger partial charge in [-0.05, 0) is 24.1 Å². The summed E-state index contributed by atoms with van der Waals surface area (Å²) >= 11 is 0. The molecule has 0 atom stereocenters. The van der Waals surface area contributed by atoms with E-state index in [1.165, 1.54) is 4.31 Å². The van der Waals surface area contributed by atoms with Gasteiger partial charge >= 0.3 is 0 Å². The van der Waals surface area contributed by atoms with Crippen LogP contribution in [0.4, 0.5) is 0 Å². The molecule has 0 bridgehead atoms. The molecule has 1 N–H and O–H groups in total. The monoisotopic (exact) mass is 310 g/mol. The number of likely N-dealkylation sites (N-methyl/N-ethyl adjacent to an activating group) is 1. The molecule has 0 aromatic heterocycles. The van der Waals surface area contributed by atoms with Gasteiger partial charge in [-0.15, -0.1) is 6.58 Å². The van der Waals surface area contributed by atoms with Crippen molar-refractivity contribution in [2.24, 2.45) is 0 Å². The molecule has 0 unspecified atom stereocenters. The van der Waals surface area contributed by atoms with E-state index < -0.39 is 10.0 Å². The average molecular weight is 310 g/mol. The minimum absolute atomic E-state index is 0.326. The zero-order chi connectivity index (χ0) is 16.0. The summed E-state index contributed by atoms with van der Waals surface area (Å²) in [6.45, 7) is 12.8. The predicted molar refractivity (Wildman–Crippen MR) is 87.8 cm³/mol. The number of nitrogens with zero attached hydrogens (tertiary/aromatic N) is 1. The third-order valence-corrected chi connectivity index (χ3v) is 5.35. The van der Waals surface area contributed by atoms with E-state index in [0.29, 0.717) is 30.6 Å². The lowest BCUT2D eigenvalue weighted by molar-refractivity contribution is 0.459. The Balaban J connectivity index is 3.15. The standard InChI is InChI=1S/C16H26N2O2S/c1-6-10-18(7-2)21(19,20)16-11-15(9-8-14(16)5)12-17-13(3)4/h6,8-9,11,13,17H,1,7,10,12H2,2-5H3. The van der Waals surface area contributed by atoms with E-state index in [9.17, 15) is 8.42 Å². The van der Waals surface area contributed by atoms with Crippen molar-refractivity contribution >= 4 is 10.0 Å². The van der Waals surface area contributed by atoms with Gasteiger partial charge in [0.1, 0.15) is 0 Å². The smallest absolute Gasteiger partial charge is 0.243 e. The summed E-state index contributed by atoms with van der Waals surface area (Å²) in [5, 5.41) is 3.30. The summed E-state index contributed by atoms with van der Waals surface area (Å²) in [7, 11) is -3.47. The van der Waals surface area contributed by atoms with Gasteiger partial charge in [0.25, 0.3) is 0 Å². The molecule has 118 valence electrons. The second kappa shape index (κ2) is 7.73. The van der Waals surface area contributed by atoms with Gasteiger partial charge in [0.2, 0.25) is 10.0 Å². The topological polar surface area (TPSA) is 49.4 Å². The molecule has 21 heavy (non-hydrogen) atoms. The molecule has 0 heterocycles. The molecule has 0 aliphatic carbocycles. The van der Waals surface area contributed by atoms with E-state index in [2.05, 4.69) is 25.7 Å². The molecule has 0 aliphatic rings. The third-order valence-electron chi connectivity index (χ3n) is 3.27. The summed E-state index contributed by atoms with van der Waals surface area (Å²) in [6, 6.07) is 5.96. The van der Waals surface area contributed by atoms with Gasteiger partial charge in [0.15, 0.2) is 0 Å². The number of hydrogen-bond donors (Lipinski definition) is 1. The highest BCUT2D eigenvalue weighted by molar-refractivity contribution is 7.89. The van der Waals surface area contributed by atoms with Gasteiger partial charge in [0.05, 0.1) is 4.90 Å². The molecule has 1 aromatic rings. The number of hydrogen-bond acceptors (Lipinski definition) is 3. The number of rotatable bonds is 8. The van der Waals surface area contributed by atoms with Crippen LogP contribution in [0.5, 0.6) is 0 Å². The first-order valence-corrected chi connectivity index (χ1v) is 8.70. The highest BCUT2D eigenvalue weighted by atomic mass is 32.2. The summed E-state index contributed by atoms with van der Waals surface area (Å²) in [6.07, 6.45) is 1.61. The maximum absolute atomic E-state index is 12.7. The maximum atomic E-state index is 12.7. The first-order chi connectivity index (χ1) is 9.82. The van der Waals surface area contributed by atoms with Crippen molar-refractivity contribution < 1.29 is 8.42 Å². The van der Waals surface area contributed by atoms with Crippen molar-refractivity contribution in [3.8, 4) is 0 Å². The number of sulfonamides is 1. The van der Waals surface area contributed by atoms with Crippen molar-refractivity contribution in [3.05, 3.63) is 42.0 Å². The Morgan fingerprint density at radius 2 is 2.05 bits per heavy atom. The van der Waals surface area contributed by atoms with Crippen molar-refractivity contribution in [3.63, 3.8) is 0 Å². The Bertz CT molecular complexity index is 580. The lowest BCUT2D eigenvalue weighted by Crippen LogP contribution is -2.31. The van der Waals surface area contributed by atoms with Gasteiger partial charge in [-0.1, -0.05) is 39.0 Å². The molecule has 1 rings (SSSR count). The first-order valence-electron chi connectivity index (χ1n) is 7.26. The van der Waals surface area contributed by atoms with Crippen LogP contribution >= 0.6 is 0 Å². The molecule has 5 heteroatoms. The Kier molecular flexibility index (Phi) is 6.58. The van der Waals surface area contributed by atoms with Crippen molar-refractivity contribution in [1.29, 1.82) is 0 Å². The van der Waals surface area contributed by atoms with Gasteiger partial charge < -0.3 is 5.32 Å². The molecule has 0 saturated carbocycles. The van der Waals surface area contributed by atoms with Crippen molar-refractivity contribution in [2.45, 2.75) is 45.2 Å². The van der Waals surface area contributed by atoms with E-state index >= 15 is 0 Å². The van der Waals surface area contributed by atoms with Gasteiger partial charge in [-0.3, -0.25) is 0 Å². The summed E-state index contributed by atoms with van der Waals surface area (Å²) < 4.78 is 26.9. The van der Waals surface area contributed by atoms with Crippen LogP contribution in [0.2, 0.25) is 0 Å². The van der Waals surface area contributed by atoms with Crippen LogP contribution in [-0.2, 0) is 16.6 Å². The van der Waals surface area contributed by atoms with Crippen LogP contribution in [-0.4, -0.2) is 31.9 Å². The van der Waals surface area contributed by atoms with Crippen LogP contribution in [0.3, 0.4) is 0 Å². The number of nitrogens with one attached hydrogen (secondary N) is 1. The van der Waals surface area contributed by atoms with Crippen LogP contribution in [0.1, 0.15) is 31.9 Å². The fraction of sp³-hybridized carbons (Fsp3) is 0.500. The Labute approximate surface area is 128 Å². The molecule has 0 spiro atoms. The molecular formula is C16H26N2O2S. The largest absolute Gasteiger partial charge is 0.310 e. The minimum atomic E-state index is -3.47. The molecule has 1 aromatic carbocycles. The van der Waals surface area contributed by atoms with E-state index in [1.807, 2.05) is 26.0 Å². The van der Waals surface area contributed by atoms with E-state index in [0.717, 1.165) is 11.1 Å². The van der Waals surface area contributed by atoms with Gasteiger partial charge in [-0.25, -0.2) is 8.42 Å². The van der Waals surface area contributed by atoms with Gasteiger partial charge in [0, 0.05) is 25.7 Å². The molecule has 0 aliphatic heterocycles. The zero-order valence-electron chi connectivity index (χ0n) is 13.4. The van der Waals surface area contributed by atoms with E-state index in [1.54, 1.807) is 12.1 Å². The Morgan fingerprint density at radius 1 is 1.38 bits per heavy atom. The summed E-state index contributed by atoms with van der Waals surface area (Å²) in [5.41, 5.74) is 1.74. The second-order valence-corrected chi connectivity index (χ2v) is 7.29. The van der Waals surface area contributed by atoms with E-state index in [-0.39, 0.29) is 0 Å². The molecule has 4 nitrogen and oxygen atoms in total. The predicted octanol–water partition coefficient (Wildman–Crippen LogP) is 2.69. The SMILES string of the molecule is C=CCN(CC)S(=O)(=O)c1cc(CNC(C)C)ccc1C. The normalized spacial score (nSPS) is 12.1. The fourth-order valence-electron chi connectivity index (χ4n) is 2.03. The lowest BCUT2D eigenvalue weighted by Gasteiger charge is -2.20. The Hall–Kier alpha value is -1.17.